The Morgan fingerprint density at radius 1 is 1.06 bits per heavy atom. The molecule has 0 saturated carbocycles. The minimum atomic E-state index is -0.00546. The second kappa shape index (κ2) is 10.1. The van der Waals surface area contributed by atoms with E-state index in [1.807, 2.05) is 47.6 Å². The van der Waals surface area contributed by atoms with Gasteiger partial charge < -0.3 is 15.5 Å². The van der Waals surface area contributed by atoms with Crippen molar-refractivity contribution in [3.63, 3.8) is 0 Å². The van der Waals surface area contributed by atoms with E-state index < -0.39 is 0 Å². The van der Waals surface area contributed by atoms with Gasteiger partial charge in [0.2, 0.25) is 0 Å². The zero-order valence-corrected chi connectivity index (χ0v) is 21.5. The first-order valence-electron chi connectivity index (χ1n) is 12.3. The topological polar surface area (TPSA) is 88.0 Å². The summed E-state index contributed by atoms with van der Waals surface area (Å²) in [5.41, 5.74) is 4.35. The number of nitrogens with one attached hydrogen (secondary N) is 2. The third-order valence-electron chi connectivity index (χ3n) is 6.39. The van der Waals surface area contributed by atoms with Crippen LogP contribution in [-0.2, 0) is 0 Å². The summed E-state index contributed by atoms with van der Waals surface area (Å²) in [6, 6.07) is 16.2. The minimum Gasteiger partial charge on any atom is -0.365 e. The molecule has 1 saturated heterocycles. The van der Waals surface area contributed by atoms with Gasteiger partial charge in [-0.1, -0.05) is 41.4 Å². The number of hydrogen-bond donors (Lipinski definition) is 2. The number of rotatable bonds is 5. The summed E-state index contributed by atoms with van der Waals surface area (Å²) in [7, 11) is 0. The van der Waals surface area contributed by atoms with Crippen molar-refractivity contribution in [3.05, 3.63) is 65.4 Å². The van der Waals surface area contributed by atoms with Crippen LogP contribution in [0.3, 0.4) is 0 Å². The highest BCUT2D eigenvalue weighted by atomic mass is 35.5. The van der Waals surface area contributed by atoms with Crippen LogP contribution in [0.1, 0.15) is 32.3 Å². The Kier molecular flexibility index (Phi) is 6.78. The summed E-state index contributed by atoms with van der Waals surface area (Å²) in [6.45, 7) is 7.38. The van der Waals surface area contributed by atoms with Crippen LogP contribution < -0.4 is 10.6 Å². The van der Waals surface area contributed by atoms with Gasteiger partial charge in [-0.05, 0) is 57.9 Å². The van der Waals surface area contributed by atoms with Gasteiger partial charge >= 0.3 is 6.03 Å². The molecular weight excluding hydrogens is 474 g/mol. The van der Waals surface area contributed by atoms with Gasteiger partial charge in [0, 0.05) is 36.4 Å². The molecular formula is C27H30ClN7O. The first-order chi connectivity index (χ1) is 17.4. The predicted octanol–water partition coefficient (Wildman–Crippen LogP) is 5.44. The number of imidazole rings is 1. The third kappa shape index (κ3) is 4.86. The van der Waals surface area contributed by atoms with Crippen LogP contribution in [0.15, 0.2) is 54.9 Å². The van der Waals surface area contributed by atoms with E-state index in [1.54, 1.807) is 6.33 Å². The van der Waals surface area contributed by atoms with Crippen LogP contribution in [0.25, 0.3) is 28.2 Å². The number of aryl methyl sites for hydroxylation is 1. The molecule has 2 amide bonds. The zero-order valence-electron chi connectivity index (χ0n) is 20.7. The highest BCUT2D eigenvalue weighted by Crippen LogP contribution is 2.34. The fraction of sp³-hybridized carbons (Fsp3) is 0.333. The van der Waals surface area contributed by atoms with Crippen LogP contribution in [0.5, 0.6) is 0 Å². The molecule has 4 aromatic rings. The number of carbonyl (C=O) groups excluding carboxylic acids is 1. The molecule has 5 rings (SSSR count). The van der Waals surface area contributed by atoms with Gasteiger partial charge in [0.05, 0.1) is 5.02 Å². The van der Waals surface area contributed by atoms with Gasteiger partial charge in [0.1, 0.15) is 12.2 Å². The van der Waals surface area contributed by atoms with Crippen molar-refractivity contribution in [2.75, 3.05) is 18.4 Å². The largest absolute Gasteiger partial charge is 0.365 e. The van der Waals surface area contributed by atoms with Crippen molar-refractivity contribution in [1.29, 1.82) is 0 Å². The summed E-state index contributed by atoms with van der Waals surface area (Å²) < 4.78 is 2.03. The SMILES string of the molecule is Cc1ccc(-n2c(-c3ccccc3Cl)nc3c(NC4CCN(C(=O)NC(C)C)CC4)ncnc32)cc1. The first-order valence-corrected chi connectivity index (χ1v) is 12.7. The maximum absolute atomic E-state index is 12.4. The van der Waals surface area contributed by atoms with Crippen LogP contribution in [0.4, 0.5) is 10.6 Å². The molecule has 0 bridgehead atoms. The molecule has 0 unspecified atom stereocenters. The van der Waals surface area contributed by atoms with Crippen LogP contribution in [-0.4, -0.2) is 55.6 Å². The second-order valence-corrected chi connectivity index (χ2v) is 9.90. The highest BCUT2D eigenvalue weighted by molar-refractivity contribution is 6.33. The number of hydrogen-bond acceptors (Lipinski definition) is 5. The molecule has 2 aromatic heterocycles. The number of nitrogens with zero attached hydrogens (tertiary/aromatic N) is 5. The number of aromatic nitrogens is 4. The van der Waals surface area contributed by atoms with Crippen LogP contribution in [0, 0.1) is 6.92 Å². The molecule has 1 fully saturated rings. The molecule has 1 aliphatic heterocycles. The smallest absolute Gasteiger partial charge is 0.317 e. The summed E-state index contributed by atoms with van der Waals surface area (Å²) in [6.07, 6.45) is 3.22. The van der Waals surface area contributed by atoms with E-state index >= 15 is 0 Å². The maximum atomic E-state index is 12.4. The highest BCUT2D eigenvalue weighted by Gasteiger charge is 2.25. The molecule has 2 N–H and O–H groups in total. The second-order valence-electron chi connectivity index (χ2n) is 9.49. The van der Waals surface area contributed by atoms with Crippen molar-refractivity contribution in [3.8, 4) is 17.1 Å². The number of carbonyl (C=O) groups is 1. The molecule has 0 radical (unpaired) electrons. The lowest BCUT2D eigenvalue weighted by molar-refractivity contribution is 0.181. The number of likely N-dealkylation sites (tertiary alicyclic amines) is 1. The zero-order chi connectivity index (χ0) is 25.2. The standard InChI is InChI=1S/C27H30ClN7O/c1-17(2)31-27(36)34-14-12-19(13-15-34)32-24-23-26(30-16-29-24)35(20-10-8-18(3)9-11-20)25(33-23)21-6-4-5-7-22(21)28/h4-11,16-17,19H,12-15H2,1-3H3,(H,31,36)(H,29,30,32). The number of benzene rings is 2. The van der Waals surface area contributed by atoms with E-state index in [-0.39, 0.29) is 18.1 Å². The lowest BCUT2D eigenvalue weighted by atomic mass is 10.1. The van der Waals surface area contributed by atoms with Gasteiger partial charge in [-0.25, -0.2) is 19.7 Å². The Bertz CT molecular complexity index is 1370. The number of piperidine rings is 1. The van der Waals surface area contributed by atoms with E-state index in [0.717, 1.165) is 24.1 Å². The fourth-order valence-corrected chi connectivity index (χ4v) is 4.74. The maximum Gasteiger partial charge on any atom is 0.317 e. The number of fused-ring (bicyclic) bond motifs is 1. The Balaban J connectivity index is 1.49. The molecule has 0 atom stereocenters. The average Bonchev–Trinajstić information content (AvgIpc) is 3.25. The number of amides is 2. The van der Waals surface area contributed by atoms with Crippen molar-refractivity contribution in [2.45, 2.75) is 45.7 Å². The van der Waals surface area contributed by atoms with E-state index in [0.29, 0.717) is 40.9 Å². The molecule has 8 nitrogen and oxygen atoms in total. The molecule has 3 heterocycles. The van der Waals surface area contributed by atoms with Crippen LogP contribution >= 0.6 is 11.6 Å². The van der Waals surface area contributed by atoms with Crippen molar-refractivity contribution in [1.82, 2.24) is 29.7 Å². The van der Waals surface area contributed by atoms with Gasteiger partial charge in [-0.2, -0.15) is 0 Å². The summed E-state index contributed by atoms with van der Waals surface area (Å²) >= 11 is 6.59. The lowest BCUT2D eigenvalue weighted by Crippen LogP contribution is -2.48. The fourth-order valence-electron chi connectivity index (χ4n) is 4.52. The van der Waals surface area contributed by atoms with Crippen molar-refractivity contribution < 1.29 is 4.79 Å². The summed E-state index contributed by atoms with van der Waals surface area (Å²) in [5, 5.41) is 7.17. The number of anilines is 1. The summed E-state index contributed by atoms with van der Waals surface area (Å²) in [4.78, 5) is 28.4. The van der Waals surface area contributed by atoms with Gasteiger partial charge in [0.15, 0.2) is 17.0 Å². The molecule has 36 heavy (non-hydrogen) atoms. The Hall–Kier alpha value is -3.65. The molecule has 0 spiro atoms. The summed E-state index contributed by atoms with van der Waals surface area (Å²) in [5.74, 6) is 1.40. The molecule has 2 aromatic carbocycles. The Morgan fingerprint density at radius 2 is 1.78 bits per heavy atom. The van der Waals surface area contributed by atoms with E-state index in [1.165, 1.54) is 5.56 Å². The quantitative estimate of drug-likeness (QED) is 0.378. The molecule has 0 aliphatic carbocycles. The minimum absolute atomic E-state index is 0.00546. The first kappa shape index (κ1) is 24.1. The van der Waals surface area contributed by atoms with E-state index in [4.69, 9.17) is 16.6 Å². The van der Waals surface area contributed by atoms with Gasteiger partial charge in [-0.15, -0.1) is 0 Å². The molecule has 186 valence electrons. The Morgan fingerprint density at radius 3 is 2.47 bits per heavy atom. The molecule has 9 heteroatoms. The Labute approximate surface area is 215 Å². The molecule has 1 aliphatic rings. The van der Waals surface area contributed by atoms with Crippen molar-refractivity contribution in [2.24, 2.45) is 0 Å². The normalized spacial score (nSPS) is 14.4. The number of halogens is 1. The monoisotopic (exact) mass is 503 g/mol. The van der Waals surface area contributed by atoms with Gasteiger partial charge in [-0.3, -0.25) is 4.57 Å². The predicted molar refractivity (Wildman–Crippen MR) is 144 cm³/mol. The lowest BCUT2D eigenvalue weighted by Gasteiger charge is -2.33. The van der Waals surface area contributed by atoms with Crippen molar-refractivity contribution >= 4 is 34.6 Å². The van der Waals surface area contributed by atoms with E-state index in [9.17, 15) is 4.79 Å². The van der Waals surface area contributed by atoms with Gasteiger partial charge in [0.25, 0.3) is 0 Å². The van der Waals surface area contributed by atoms with E-state index in [2.05, 4.69) is 51.8 Å². The third-order valence-corrected chi connectivity index (χ3v) is 6.72. The van der Waals surface area contributed by atoms with Crippen LogP contribution in [0.2, 0.25) is 5.02 Å². The average molecular weight is 504 g/mol. The number of urea groups is 1.